The summed E-state index contributed by atoms with van der Waals surface area (Å²) in [6, 6.07) is 11.9. The zero-order valence-electron chi connectivity index (χ0n) is 10.1. The van der Waals surface area contributed by atoms with Gasteiger partial charge in [0.2, 0.25) is 0 Å². The lowest BCUT2D eigenvalue weighted by Gasteiger charge is -2.16. The summed E-state index contributed by atoms with van der Waals surface area (Å²) in [5.74, 6) is -0.377. The van der Waals surface area contributed by atoms with Crippen molar-refractivity contribution in [2.75, 3.05) is 6.61 Å². The first-order chi connectivity index (χ1) is 9.10. The van der Waals surface area contributed by atoms with Crippen LogP contribution < -0.4 is 0 Å². The first-order valence-electron chi connectivity index (χ1n) is 5.90. The van der Waals surface area contributed by atoms with Gasteiger partial charge in [0.15, 0.2) is 0 Å². The molecule has 0 heterocycles. The second-order valence-electron chi connectivity index (χ2n) is 4.37. The normalized spacial score (nSPS) is 12.4. The molecule has 0 radical (unpaired) electrons. The minimum absolute atomic E-state index is 0.0106. The van der Waals surface area contributed by atoms with Crippen LogP contribution in [-0.4, -0.2) is 11.7 Å². The molecule has 0 saturated heterocycles. The molecule has 0 aliphatic rings. The van der Waals surface area contributed by atoms with E-state index >= 15 is 0 Å². The monoisotopic (exact) mass is 342 g/mol. The summed E-state index contributed by atoms with van der Waals surface area (Å²) < 4.78 is 14.1. The summed E-state index contributed by atoms with van der Waals surface area (Å²) in [5.41, 5.74) is 1.78. The lowest BCUT2D eigenvalue weighted by atomic mass is 9.93. The van der Waals surface area contributed by atoms with E-state index in [1.54, 1.807) is 12.1 Å². The number of hydrogen-bond donors (Lipinski definition) is 1. The highest BCUT2D eigenvalue weighted by atomic mass is 79.9. The van der Waals surface area contributed by atoms with E-state index in [4.69, 9.17) is 11.6 Å². The van der Waals surface area contributed by atoms with Crippen LogP contribution in [0.1, 0.15) is 17.0 Å². The van der Waals surface area contributed by atoms with Crippen LogP contribution in [-0.2, 0) is 6.42 Å². The topological polar surface area (TPSA) is 20.2 Å². The molecule has 19 heavy (non-hydrogen) atoms. The van der Waals surface area contributed by atoms with Crippen LogP contribution in [0.15, 0.2) is 46.9 Å². The molecular formula is C15H13BrClFO. The van der Waals surface area contributed by atoms with Crippen molar-refractivity contribution in [1.82, 2.24) is 0 Å². The molecular weight excluding hydrogens is 331 g/mol. The summed E-state index contributed by atoms with van der Waals surface area (Å²) in [5, 5.41) is 10.2. The van der Waals surface area contributed by atoms with Gasteiger partial charge >= 0.3 is 0 Å². The van der Waals surface area contributed by atoms with Gasteiger partial charge in [0.25, 0.3) is 0 Å². The smallest absolute Gasteiger partial charge is 0.123 e. The lowest BCUT2D eigenvalue weighted by molar-refractivity contribution is 0.264. The Kier molecular flexibility index (Phi) is 4.97. The van der Waals surface area contributed by atoms with Gasteiger partial charge in [-0.1, -0.05) is 39.7 Å². The van der Waals surface area contributed by atoms with Gasteiger partial charge in [-0.2, -0.15) is 0 Å². The zero-order chi connectivity index (χ0) is 13.8. The molecule has 2 aromatic carbocycles. The minimum atomic E-state index is -0.277. The maximum absolute atomic E-state index is 13.3. The molecule has 100 valence electrons. The Balaban J connectivity index is 2.26. The predicted octanol–water partition coefficient (Wildman–Crippen LogP) is 4.56. The number of hydrogen-bond acceptors (Lipinski definition) is 1. The number of halogens is 3. The molecule has 2 rings (SSSR count). The molecule has 4 heteroatoms. The third kappa shape index (κ3) is 3.78. The standard InChI is InChI=1S/C15H13BrClFO/c16-15-5-4-14(18)8-11(15)6-12(9-19)10-2-1-3-13(17)7-10/h1-5,7-8,12,19H,6,9H2. The highest BCUT2D eigenvalue weighted by Crippen LogP contribution is 2.27. The molecule has 0 bridgehead atoms. The Morgan fingerprint density at radius 1 is 1.21 bits per heavy atom. The van der Waals surface area contributed by atoms with Crippen LogP contribution in [0.2, 0.25) is 5.02 Å². The van der Waals surface area contributed by atoms with Crippen molar-refractivity contribution in [2.45, 2.75) is 12.3 Å². The fourth-order valence-corrected chi connectivity index (χ4v) is 2.62. The van der Waals surface area contributed by atoms with Crippen molar-refractivity contribution in [3.05, 3.63) is 68.9 Å². The number of benzene rings is 2. The molecule has 1 N–H and O–H groups in total. The van der Waals surface area contributed by atoms with Crippen molar-refractivity contribution in [2.24, 2.45) is 0 Å². The van der Waals surface area contributed by atoms with Crippen molar-refractivity contribution < 1.29 is 9.50 Å². The summed E-state index contributed by atoms with van der Waals surface area (Å²) in [7, 11) is 0. The van der Waals surface area contributed by atoms with Crippen molar-refractivity contribution >= 4 is 27.5 Å². The molecule has 0 aliphatic carbocycles. The van der Waals surface area contributed by atoms with Gasteiger partial charge in [-0.05, 0) is 47.9 Å². The van der Waals surface area contributed by atoms with Gasteiger partial charge in [-0.25, -0.2) is 4.39 Å². The quantitative estimate of drug-likeness (QED) is 0.863. The summed E-state index contributed by atoms with van der Waals surface area (Å²) in [6.07, 6.45) is 0.551. The van der Waals surface area contributed by atoms with Crippen molar-refractivity contribution in [3.8, 4) is 0 Å². The van der Waals surface area contributed by atoms with Gasteiger partial charge in [0.05, 0.1) is 6.61 Å². The molecule has 0 amide bonds. The summed E-state index contributed by atoms with van der Waals surface area (Å²) in [4.78, 5) is 0. The molecule has 0 fully saturated rings. The maximum Gasteiger partial charge on any atom is 0.123 e. The lowest BCUT2D eigenvalue weighted by Crippen LogP contribution is -2.08. The van der Waals surface area contributed by atoms with Gasteiger partial charge in [0.1, 0.15) is 5.82 Å². The highest BCUT2D eigenvalue weighted by molar-refractivity contribution is 9.10. The van der Waals surface area contributed by atoms with E-state index < -0.39 is 0 Å². The third-order valence-corrected chi connectivity index (χ3v) is 4.02. The van der Waals surface area contributed by atoms with Crippen LogP contribution in [0.25, 0.3) is 0 Å². The van der Waals surface area contributed by atoms with Gasteiger partial charge in [-0.15, -0.1) is 0 Å². The zero-order valence-corrected chi connectivity index (χ0v) is 12.5. The Labute approximate surface area is 125 Å². The molecule has 2 aromatic rings. The van der Waals surface area contributed by atoms with Gasteiger partial charge in [0, 0.05) is 15.4 Å². The van der Waals surface area contributed by atoms with Crippen LogP contribution in [0, 0.1) is 5.82 Å². The minimum Gasteiger partial charge on any atom is -0.396 e. The molecule has 1 atom stereocenters. The van der Waals surface area contributed by atoms with Crippen LogP contribution in [0.3, 0.4) is 0 Å². The molecule has 0 spiro atoms. The Hall–Kier alpha value is -0.900. The first-order valence-corrected chi connectivity index (χ1v) is 7.07. The molecule has 0 aromatic heterocycles. The molecule has 0 aliphatic heterocycles. The van der Waals surface area contributed by atoms with Crippen LogP contribution in [0.5, 0.6) is 0 Å². The maximum atomic E-state index is 13.3. The van der Waals surface area contributed by atoms with Gasteiger partial charge in [-0.3, -0.25) is 0 Å². The summed E-state index contributed by atoms with van der Waals surface area (Å²) in [6.45, 7) is -0.0106. The average Bonchev–Trinajstić information content (AvgIpc) is 2.39. The molecule has 0 saturated carbocycles. The average molecular weight is 344 g/mol. The third-order valence-electron chi connectivity index (χ3n) is 3.01. The Bertz CT molecular complexity index is 574. The van der Waals surface area contributed by atoms with Crippen LogP contribution in [0.4, 0.5) is 4.39 Å². The van der Waals surface area contributed by atoms with E-state index in [0.717, 1.165) is 15.6 Å². The van der Waals surface area contributed by atoms with E-state index in [2.05, 4.69) is 15.9 Å². The Morgan fingerprint density at radius 2 is 2.00 bits per heavy atom. The predicted molar refractivity (Wildman–Crippen MR) is 79.1 cm³/mol. The van der Waals surface area contributed by atoms with E-state index in [1.807, 2.05) is 18.2 Å². The van der Waals surface area contributed by atoms with Crippen molar-refractivity contribution in [1.29, 1.82) is 0 Å². The van der Waals surface area contributed by atoms with E-state index in [0.29, 0.717) is 11.4 Å². The van der Waals surface area contributed by atoms with E-state index in [1.165, 1.54) is 12.1 Å². The molecule has 1 nitrogen and oxygen atoms in total. The number of rotatable bonds is 4. The summed E-state index contributed by atoms with van der Waals surface area (Å²) >= 11 is 9.36. The SMILES string of the molecule is OCC(Cc1cc(F)ccc1Br)c1cccc(Cl)c1. The fraction of sp³-hybridized carbons (Fsp3) is 0.200. The second-order valence-corrected chi connectivity index (χ2v) is 5.67. The largest absolute Gasteiger partial charge is 0.396 e. The Morgan fingerprint density at radius 3 is 2.68 bits per heavy atom. The van der Waals surface area contributed by atoms with Gasteiger partial charge < -0.3 is 5.11 Å². The first kappa shape index (κ1) is 14.5. The van der Waals surface area contributed by atoms with E-state index in [-0.39, 0.29) is 18.3 Å². The number of aliphatic hydroxyl groups excluding tert-OH is 1. The second kappa shape index (κ2) is 6.51. The highest BCUT2D eigenvalue weighted by Gasteiger charge is 2.14. The fourth-order valence-electron chi connectivity index (χ4n) is 2.01. The molecule has 1 unspecified atom stereocenters. The number of aliphatic hydroxyl groups is 1. The van der Waals surface area contributed by atoms with Crippen LogP contribution >= 0.6 is 27.5 Å². The van der Waals surface area contributed by atoms with Crippen molar-refractivity contribution in [3.63, 3.8) is 0 Å². The van der Waals surface area contributed by atoms with E-state index in [9.17, 15) is 9.50 Å².